The zero-order valence-electron chi connectivity index (χ0n) is 12.6. The van der Waals surface area contributed by atoms with Gasteiger partial charge in [-0.2, -0.15) is 15.0 Å². The van der Waals surface area contributed by atoms with Crippen LogP contribution in [0, 0.1) is 0 Å². The molecule has 0 aliphatic rings. The second kappa shape index (κ2) is 6.66. The van der Waals surface area contributed by atoms with Crippen molar-refractivity contribution in [2.24, 2.45) is 0 Å². The van der Waals surface area contributed by atoms with Crippen LogP contribution in [0.25, 0.3) is 5.69 Å². The highest BCUT2D eigenvalue weighted by molar-refractivity contribution is 5.28. The third kappa shape index (κ3) is 3.25. The molecule has 0 fully saturated rings. The molecule has 20 heavy (non-hydrogen) atoms. The van der Waals surface area contributed by atoms with Crippen molar-refractivity contribution in [1.29, 1.82) is 0 Å². The number of benzene rings is 1. The Balaban J connectivity index is 2.03. The lowest BCUT2D eigenvalue weighted by Crippen LogP contribution is -2.43. The summed E-state index contributed by atoms with van der Waals surface area (Å²) < 4.78 is 0. The summed E-state index contributed by atoms with van der Waals surface area (Å²) in [5, 5.41) is 12.5. The Morgan fingerprint density at radius 3 is 2.30 bits per heavy atom. The van der Waals surface area contributed by atoms with Gasteiger partial charge in [0.15, 0.2) is 0 Å². The van der Waals surface area contributed by atoms with Crippen molar-refractivity contribution < 1.29 is 0 Å². The molecule has 0 saturated carbocycles. The van der Waals surface area contributed by atoms with Gasteiger partial charge in [0, 0.05) is 12.1 Å². The van der Waals surface area contributed by atoms with E-state index in [1.807, 2.05) is 36.5 Å². The van der Waals surface area contributed by atoms with Crippen LogP contribution in [0.4, 0.5) is 0 Å². The van der Waals surface area contributed by atoms with Crippen molar-refractivity contribution in [3.8, 4) is 5.69 Å². The Bertz CT molecular complexity index is 506. The summed E-state index contributed by atoms with van der Waals surface area (Å²) in [5.74, 6) is 0. The van der Waals surface area contributed by atoms with Gasteiger partial charge in [0.05, 0.1) is 17.6 Å². The van der Waals surface area contributed by atoms with Gasteiger partial charge < -0.3 is 5.32 Å². The average Bonchev–Trinajstić information content (AvgIpc) is 2.99. The molecule has 0 saturated heterocycles. The van der Waals surface area contributed by atoms with Crippen LogP contribution in [-0.2, 0) is 6.54 Å². The molecule has 0 aliphatic carbocycles. The van der Waals surface area contributed by atoms with E-state index in [-0.39, 0.29) is 5.54 Å². The fourth-order valence-electron chi connectivity index (χ4n) is 2.46. The van der Waals surface area contributed by atoms with E-state index in [4.69, 9.17) is 0 Å². The van der Waals surface area contributed by atoms with Gasteiger partial charge in [-0.25, -0.2) is 0 Å². The molecule has 1 aromatic heterocycles. The molecule has 0 aliphatic heterocycles. The molecule has 0 spiro atoms. The Morgan fingerprint density at radius 1 is 1.05 bits per heavy atom. The summed E-state index contributed by atoms with van der Waals surface area (Å²) in [6, 6.07) is 9.99. The van der Waals surface area contributed by atoms with Crippen LogP contribution in [0.2, 0.25) is 0 Å². The lowest BCUT2D eigenvalue weighted by Gasteiger charge is -2.31. The minimum absolute atomic E-state index is 0.219. The van der Waals surface area contributed by atoms with E-state index < -0.39 is 0 Å². The number of rotatable bonds is 7. The first-order chi connectivity index (χ1) is 9.73. The van der Waals surface area contributed by atoms with Crippen molar-refractivity contribution in [3.05, 3.63) is 42.2 Å². The summed E-state index contributed by atoms with van der Waals surface area (Å²) in [5.41, 5.74) is 2.19. The van der Waals surface area contributed by atoms with Gasteiger partial charge in [0.1, 0.15) is 0 Å². The molecule has 0 unspecified atom stereocenters. The molecule has 0 amide bonds. The van der Waals surface area contributed by atoms with E-state index in [1.54, 1.807) is 4.80 Å². The van der Waals surface area contributed by atoms with Gasteiger partial charge in [-0.05, 0) is 31.4 Å². The van der Waals surface area contributed by atoms with Crippen molar-refractivity contribution in [1.82, 2.24) is 20.3 Å². The fraction of sp³-hybridized carbons (Fsp3) is 0.500. The van der Waals surface area contributed by atoms with Crippen molar-refractivity contribution in [2.75, 3.05) is 0 Å². The highest BCUT2D eigenvalue weighted by Crippen LogP contribution is 2.19. The van der Waals surface area contributed by atoms with Gasteiger partial charge >= 0.3 is 0 Å². The van der Waals surface area contributed by atoms with Crippen molar-refractivity contribution >= 4 is 0 Å². The largest absolute Gasteiger partial charge is 0.306 e. The quantitative estimate of drug-likeness (QED) is 0.840. The predicted octanol–water partition coefficient (Wildman–Crippen LogP) is 3.33. The van der Waals surface area contributed by atoms with Crippen LogP contribution < -0.4 is 5.32 Å². The zero-order chi connectivity index (χ0) is 14.4. The van der Waals surface area contributed by atoms with E-state index in [0.717, 1.165) is 37.2 Å². The molecule has 108 valence electrons. The summed E-state index contributed by atoms with van der Waals surface area (Å²) in [6.45, 7) is 7.48. The van der Waals surface area contributed by atoms with Crippen LogP contribution in [0.3, 0.4) is 0 Å². The first-order valence-corrected chi connectivity index (χ1v) is 7.44. The van der Waals surface area contributed by atoms with E-state index >= 15 is 0 Å². The predicted molar refractivity (Wildman–Crippen MR) is 81.8 cm³/mol. The van der Waals surface area contributed by atoms with Gasteiger partial charge in [0.2, 0.25) is 0 Å². The molecule has 4 nitrogen and oxygen atoms in total. The molecular formula is C16H24N4. The average molecular weight is 272 g/mol. The summed E-state index contributed by atoms with van der Waals surface area (Å²) in [4.78, 5) is 1.68. The number of aromatic nitrogens is 3. The Morgan fingerprint density at radius 2 is 1.70 bits per heavy atom. The van der Waals surface area contributed by atoms with E-state index in [2.05, 4.69) is 36.3 Å². The number of para-hydroxylation sites is 1. The Labute approximate surface area is 121 Å². The molecule has 0 bridgehead atoms. The third-order valence-electron chi connectivity index (χ3n) is 4.20. The highest BCUT2D eigenvalue weighted by Gasteiger charge is 2.23. The molecule has 0 atom stereocenters. The lowest BCUT2D eigenvalue weighted by molar-refractivity contribution is 0.286. The van der Waals surface area contributed by atoms with Crippen LogP contribution in [-0.4, -0.2) is 20.5 Å². The van der Waals surface area contributed by atoms with Gasteiger partial charge in [0.25, 0.3) is 0 Å². The van der Waals surface area contributed by atoms with Gasteiger partial charge in [-0.3, -0.25) is 0 Å². The van der Waals surface area contributed by atoms with Gasteiger partial charge in [-0.15, -0.1) is 0 Å². The summed E-state index contributed by atoms with van der Waals surface area (Å²) in [6.07, 6.45) is 5.23. The molecule has 4 heteroatoms. The van der Waals surface area contributed by atoms with E-state index in [0.29, 0.717) is 0 Å². The number of nitrogens with one attached hydrogen (secondary N) is 1. The first kappa shape index (κ1) is 14.7. The monoisotopic (exact) mass is 272 g/mol. The topological polar surface area (TPSA) is 42.7 Å². The Kier molecular flexibility index (Phi) is 4.90. The van der Waals surface area contributed by atoms with Crippen LogP contribution in [0.5, 0.6) is 0 Å². The van der Waals surface area contributed by atoms with E-state index in [1.165, 1.54) is 0 Å². The molecule has 2 aromatic rings. The maximum absolute atomic E-state index is 4.53. The number of hydrogen-bond donors (Lipinski definition) is 1. The summed E-state index contributed by atoms with van der Waals surface area (Å²) in [7, 11) is 0. The Hall–Kier alpha value is -1.68. The SMILES string of the molecule is CCC(CC)(CC)NCc1cnn(-c2ccccc2)n1. The molecule has 2 rings (SSSR count). The molecule has 1 heterocycles. The second-order valence-electron chi connectivity index (χ2n) is 5.16. The zero-order valence-corrected chi connectivity index (χ0v) is 12.6. The first-order valence-electron chi connectivity index (χ1n) is 7.44. The lowest BCUT2D eigenvalue weighted by atomic mass is 9.90. The summed E-state index contributed by atoms with van der Waals surface area (Å²) >= 11 is 0. The number of hydrogen-bond acceptors (Lipinski definition) is 3. The third-order valence-corrected chi connectivity index (χ3v) is 4.20. The van der Waals surface area contributed by atoms with Crippen molar-refractivity contribution in [3.63, 3.8) is 0 Å². The molecule has 0 radical (unpaired) electrons. The highest BCUT2D eigenvalue weighted by atomic mass is 15.5. The molecule has 1 N–H and O–H groups in total. The van der Waals surface area contributed by atoms with Crippen LogP contribution >= 0.6 is 0 Å². The standard InChI is InChI=1S/C16H24N4/c1-4-16(5-2,6-3)17-12-14-13-18-20(19-14)15-10-8-7-9-11-15/h7-11,13,17H,4-6,12H2,1-3H3. The maximum atomic E-state index is 4.53. The fourth-order valence-corrected chi connectivity index (χ4v) is 2.46. The second-order valence-corrected chi connectivity index (χ2v) is 5.16. The van der Waals surface area contributed by atoms with Crippen molar-refractivity contribution in [2.45, 2.75) is 52.1 Å². The number of nitrogens with zero attached hydrogens (tertiary/aromatic N) is 3. The minimum atomic E-state index is 0.219. The van der Waals surface area contributed by atoms with Crippen LogP contribution in [0.15, 0.2) is 36.5 Å². The smallest absolute Gasteiger partial charge is 0.0969 e. The maximum Gasteiger partial charge on any atom is 0.0969 e. The van der Waals surface area contributed by atoms with Gasteiger partial charge in [-0.1, -0.05) is 39.0 Å². The molecular weight excluding hydrogens is 248 g/mol. The van der Waals surface area contributed by atoms with Crippen LogP contribution in [0.1, 0.15) is 45.7 Å². The normalized spacial score (nSPS) is 11.8. The minimum Gasteiger partial charge on any atom is -0.306 e. The molecule has 1 aromatic carbocycles. The van der Waals surface area contributed by atoms with E-state index in [9.17, 15) is 0 Å².